The van der Waals surface area contributed by atoms with Crippen molar-refractivity contribution in [2.75, 3.05) is 6.61 Å². The molecule has 1 saturated heterocycles. The number of carbonyl (C=O) groups excluding carboxylic acids is 1. The van der Waals surface area contributed by atoms with E-state index in [9.17, 15) is 9.59 Å². The fraction of sp³-hybridized carbons (Fsp3) is 0.385. The fourth-order valence-electron chi connectivity index (χ4n) is 1.85. The van der Waals surface area contributed by atoms with Crippen molar-refractivity contribution < 1.29 is 19.4 Å². The molecule has 1 aliphatic rings. The zero-order valence-electron chi connectivity index (χ0n) is 9.89. The van der Waals surface area contributed by atoms with E-state index in [4.69, 9.17) is 9.84 Å². The average molecular weight is 249 g/mol. The van der Waals surface area contributed by atoms with Crippen LogP contribution in [-0.4, -0.2) is 29.7 Å². The summed E-state index contributed by atoms with van der Waals surface area (Å²) in [6.07, 6.45) is 1.36. The molecule has 0 radical (unpaired) electrons. The number of nitrogens with one attached hydrogen (secondary N) is 1. The first kappa shape index (κ1) is 12.6. The van der Waals surface area contributed by atoms with Crippen LogP contribution < -0.4 is 5.32 Å². The van der Waals surface area contributed by atoms with Crippen molar-refractivity contribution in [3.05, 3.63) is 35.4 Å². The summed E-state index contributed by atoms with van der Waals surface area (Å²) in [6, 6.07) is 6.43. The largest absolute Gasteiger partial charge is 0.478 e. The van der Waals surface area contributed by atoms with Gasteiger partial charge in [0.2, 0.25) is 5.91 Å². The molecule has 5 nitrogen and oxygen atoms in total. The molecule has 0 aliphatic carbocycles. The van der Waals surface area contributed by atoms with Crippen LogP contribution in [0.2, 0.25) is 0 Å². The van der Waals surface area contributed by atoms with E-state index < -0.39 is 5.97 Å². The number of aromatic carboxylic acids is 1. The van der Waals surface area contributed by atoms with Gasteiger partial charge in [0.25, 0.3) is 0 Å². The lowest BCUT2D eigenvalue weighted by atomic mass is 10.1. The Kier molecular flexibility index (Phi) is 3.94. The quantitative estimate of drug-likeness (QED) is 0.840. The maximum Gasteiger partial charge on any atom is 0.335 e. The van der Waals surface area contributed by atoms with E-state index in [-0.39, 0.29) is 17.6 Å². The molecule has 18 heavy (non-hydrogen) atoms. The Morgan fingerprint density at radius 3 is 2.61 bits per heavy atom. The van der Waals surface area contributed by atoms with Crippen molar-refractivity contribution in [3.63, 3.8) is 0 Å². The molecule has 1 aromatic carbocycles. The van der Waals surface area contributed by atoms with E-state index in [0.717, 1.165) is 18.4 Å². The average Bonchev–Trinajstić information content (AvgIpc) is 2.90. The summed E-state index contributed by atoms with van der Waals surface area (Å²) in [4.78, 5) is 22.3. The highest BCUT2D eigenvalue weighted by molar-refractivity contribution is 5.87. The van der Waals surface area contributed by atoms with Gasteiger partial charge in [-0.3, -0.25) is 4.79 Å². The highest BCUT2D eigenvalue weighted by atomic mass is 16.5. The SMILES string of the molecule is O=C(O)c1ccc(CNC(=O)[C@@H]2CCCO2)cc1. The third-order valence-electron chi connectivity index (χ3n) is 2.89. The van der Waals surface area contributed by atoms with Gasteiger partial charge < -0.3 is 15.2 Å². The van der Waals surface area contributed by atoms with Gasteiger partial charge in [0, 0.05) is 13.2 Å². The lowest BCUT2D eigenvalue weighted by Crippen LogP contribution is -2.33. The van der Waals surface area contributed by atoms with E-state index in [0.29, 0.717) is 13.2 Å². The summed E-state index contributed by atoms with van der Waals surface area (Å²) in [5.74, 6) is -1.06. The predicted octanol–water partition coefficient (Wildman–Crippen LogP) is 1.18. The number of amides is 1. The third kappa shape index (κ3) is 3.07. The fourth-order valence-corrected chi connectivity index (χ4v) is 1.85. The molecule has 1 fully saturated rings. The molecular formula is C13H15NO4. The van der Waals surface area contributed by atoms with Gasteiger partial charge in [-0.15, -0.1) is 0 Å². The Morgan fingerprint density at radius 2 is 2.06 bits per heavy atom. The van der Waals surface area contributed by atoms with Crippen LogP contribution in [-0.2, 0) is 16.1 Å². The van der Waals surface area contributed by atoms with E-state index in [1.54, 1.807) is 12.1 Å². The molecule has 5 heteroatoms. The monoisotopic (exact) mass is 249 g/mol. The smallest absolute Gasteiger partial charge is 0.335 e. The number of benzene rings is 1. The van der Waals surface area contributed by atoms with Gasteiger partial charge in [-0.1, -0.05) is 12.1 Å². The number of hydrogen-bond donors (Lipinski definition) is 2. The van der Waals surface area contributed by atoms with Crippen LogP contribution in [0.3, 0.4) is 0 Å². The zero-order valence-corrected chi connectivity index (χ0v) is 9.89. The van der Waals surface area contributed by atoms with E-state index >= 15 is 0 Å². The second-order valence-electron chi connectivity index (χ2n) is 4.22. The number of carbonyl (C=O) groups is 2. The van der Waals surface area contributed by atoms with Gasteiger partial charge in [0.15, 0.2) is 0 Å². The number of ether oxygens (including phenoxy) is 1. The normalized spacial score (nSPS) is 18.6. The van der Waals surface area contributed by atoms with Crippen molar-refractivity contribution in [3.8, 4) is 0 Å². The summed E-state index contributed by atoms with van der Waals surface area (Å²) in [5.41, 5.74) is 1.11. The molecule has 0 saturated carbocycles. The molecule has 2 N–H and O–H groups in total. The maximum atomic E-state index is 11.7. The number of rotatable bonds is 4. The van der Waals surface area contributed by atoms with Crippen LogP contribution in [0.15, 0.2) is 24.3 Å². The summed E-state index contributed by atoms with van der Waals surface area (Å²) in [7, 11) is 0. The summed E-state index contributed by atoms with van der Waals surface area (Å²) >= 11 is 0. The zero-order chi connectivity index (χ0) is 13.0. The molecule has 1 aliphatic heterocycles. The second kappa shape index (κ2) is 5.64. The first-order valence-electron chi connectivity index (χ1n) is 5.88. The Bertz CT molecular complexity index is 435. The Balaban J connectivity index is 1.86. The van der Waals surface area contributed by atoms with Gasteiger partial charge in [-0.05, 0) is 30.5 Å². The molecule has 2 rings (SSSR count). The Hall–Kier alpha value is -1.88. The van der Waals surface area contributed by atoms with E-state index in [1.165, 1.54) is 12.1 Å². The maximum absolute atomic E-state index is 11.7. The first-order valence-corrected chi connectivity index (χ1v) is 5.88. The minimum absolute atomic E-state index is 0.102. The van der Waals surface area contributed by atoms with Gasteiger partial charge in [0.05, 0.1) is 5.56 Å². The standard InChI is InChI=1S/C13H15NO4/c15-12(11-2-1-7-18-11)14-8-9-3-5-10(6-4-9)13(16)17/h3-6,11H,1-2,7-8H2,(H,14,15)(H,16,17)/t11-/m0/s1. The van der Waals surface area contributed by atoms with Crippen LogP contribution in [0.4, 0.5) is 0 Å². The minimum Gasteiger partial charge on any atom is -0.478 e. The minimum atomic E-state index is -0.954. The number of carboxylic acids is 1. The van der Waals surface area contributed by atoms with Gasteiger partial charge in [-0.2, -0.15) is 0 Å². The summed E-state index contributed by atoms with van der Waals surface area (Å²) in [6.45, 7) is 1.03. The van der Waals surface area contributed by atoms with Crippen molar-refractivity contribution >= 4 is 11.9 Å². The van der Waals surface area contributed by atoms with Crippen molar-refractivity contribution in [1.82, 2.24) is 5.32 Å². The van der Waals surface area contributed by atoms with Crippen LogP contribution in [0.1, 0.15) is 28.8 Å². The lowest BCUT2D eigenvalue weighted by molar-refractivity contribution is -0.130. The highest BCUT2D eigenvalue weighted by Crippen LogP contribution is 2.12. The molecule has 0 bridgehead atoms. The summed E-state index contributed by atoms with van der Waals surface area (Å²) < 4.78 is 5.26. The molecular weight excluding hydrogens is 234 g/mol. The molecule has 0 spiro atoms. The third-order valence-corrected chi connectivity index (χ3v) is 2.89. The number of carboxylic acid groups (broad SMARTS) is 1. The molecule has 0 unspecified atom stereocenters. The molecule has 1 heterocycles. The first-order chi connectivity index (χ1) is 8.66. The van der Waals surface area contributed by atoms with Gasteiger partial charge in [0.1, 0.15) is 6.10 Å². The predicted molar refractivity (Wildman–Crippen MR) is 64.2 cm³/mol. The Labute approximate surface area is 105 Å². The van der Waals surface area contributed by atoms with Gasteiger partial charge >= 0.3 is 5.97 Å². The van der Waals surface area contributed by atoms with Crippen molar-refractivity contribution in [1.29, 1.82) is 0 Å². The number of hydrogen-bond acceptors (Lipinski definition) is 3. The van der Waals surface area contributed by atoms with Crippen LogP contribution in [0, 0.1) is 0 Å². The lowest BCUT2D eigenvalue weighted by Gasteiger charge is -2.10. The molecule has 1 aromatic rings. The Morgan fingerprint density at radius 1 is 1.33 bits per heavy atom. The molecule has 1 amide bonds. The van der Waals surface area contributed by atoms with E-state index in [1.807, 2.05) is 0 Å². The highest BCUT2D eigenvalue weighted by Gasteiger charge is 2.22. The van der Waals surface area contributed by atoms with Crippen molar-refractivity contribution in [2.45, 2.75) is 25.5 Å². The van der Waals surface area contributed by atoms with E-state index in [2.05, 4.69) is 5.32 Å². The summed E-state index contributed by atoms with van der Waals surface area (Å²) in [5, 5.41) is 11.5. The van der Waals surface area contributed by atoms with Crippen LogP contribution in [0.25, 0.3) is 0 Å². The molecule has 96 valence electrons. The van der Waals surface area contributed by atoms with Crippen molar-refractivity contribution in [2.24, 2.45) is 0 Å². The molecule has 0 aromatic heterocycles. The second-order valence-corrected chi connectivity index (χ2v) is 4.22. The molecule has 1 atom stereocenters. The van der Waals surface area contributed by atoms with Gasteiger partial charge in [-0.25, -0.2) is 4.79 Å². The van der Waals surface area contributed by atoms with Crippen LogP contribution >= 0.6 is 0 Å². The van der Waals surface area contributed by atoms with Crippen LogP contribution in [0.5, 0.6) is 0 Å². The topological polar surface area (TPSA) is 75.6 Å².